The Hall–Kier alpha value is -1.75. The van der Waals surface area contributed by atoms with Gasteiger partial charge in [-0.15, -0.1) is 11.3 Å². The van der Waals surface area contributed by atoms with Gasteiger partial charge in [-0.3, -0.25) is 4.68 Å². The van der Waals surface area contributed by atoms with E-state index in [1.54, 1.807) is 5.38 Å². The SMILES string of the molecule is Cc1ccc(C)n1NCc1ccsc1C(=O)O. The van der Waals surface area contributed by atoms with Crippen LogP contribution in [0.5, 0.6) is 0 Å². The fourth-order valence-corrected chi connectivity index (χ4v) is 2.51. The molecule has 0 saturated carbocycles. The third-order valence-corrected chi connectivity index (χ3v) is 3.58. The second-order valence-electron chi connectivity index (χ2n) is 3.87. The van der Waals surface area contributed by atoms with Crippen molar-refractivity contribution in [1.29, 1.82) is 0 Å². The maximum absolute atomic E-state index is 11.0. The molecule has 2 aromatic rings. The van der Waals surface area contributed by atoms with Crippen molar-refractivity contribution < 1.29 is 9.90 Å². The highest BCUT2D eigenvalue weighted by Crippen LogP contribution is 2.17. The highest BCUT2D eigenvalue weighted by atomic mass is 32.1. The second-order valence-corrected chi connectivity index (χ2v) is 4.78. The Morgan fingerprint density at radius 3 is 2.59 bits per heavy atom. The summed E-state index contributed by atoms with van der Waals surface area (Å²) >= 11 is 1.25. The van der Waals surface area contributed by atoms with Crippen LogP contribution in [0.25, 0.3) is 0 Å². The maximum Gasteiger partial charge on any atom is 0.346 e. The number of carbonyl (C=O) groups is 1. The van der Waals surface area contributed by atoms with E-state index in [0.29, 0.717) is 11.4 Å². The van der Waals surface area contributed by atoms with E-state index in [-0.39, 0.29) is 0 Å². The molecule has 2 rings (SSSR count). The van der Waals surface area contributed by atoms with Crippen molar-refractivity contribution in [2.45, 2.75) is 20.4 Å². The lowest BCUT2D eigenvalue weighted by atomic mass is 10.2. The molecule has 0 radical (unpaired) electrons. The summed E-state index contributed by atoms with van der Waals surface area (Å²) in [5.74, 6) is -0.863. The minimum absolute atomic E-state index is 0.403. The van der Waals surface area contributed by atoms with E-state index in [2.05, 4.69) is 5.43 Å². The van der Waals surface area contributed by atoms with Gasteiger partial charge in [0.15, 0.2) is 0 Å². The second kappa shape index (κ2) is 4.63. The van der Waals surface area contributed by atoms with Gasteiger partial charge in [-0.2, -0.15) is 0 Å². The van der Waals surface area contributed by atoms with Crippen LogP contribution in [0, 0.1) is 13.8 Å². The van der Waals surface area contributed by atoms with Crippen LogP contribution in [0.1, 0.15) is 26.6 Å². The van der Waals surface area contributed by atoms with E-state index in [9.17, 15) is 4.79 Å². The summed E-state index contributed by atoms with van der Waals surface area (Å²) in [6.07, 6.45) is 0. The van der Waals surface area contributed by atoms with Crippen molar-refractivity contribution >= 4 is 17.3 Å². The molecule has 0 bridgehead atoms. The van der Waals surface area contributed by atoms with E-state index < -0.39 is 5.97 Å². The average Bonchev–Trinajstić information content (AvgIpc) is 2.85. The van der Waals surface area contributed by atoms with Gasteiger partial charge in [-0.1, -0.05) is 0 Å². The summed E-state index contributed by atoms with van der Waals surface area (Å²) in [5.41, 5.74) is 6.25. The number of aromatic carboxylic acids is 1. The summed E-state index contributed by atoms with van der Waals surface area (Å²) in [7, 11) is 0. The highest BCUT2D eigenvalue weighted by molar-refractivity contribution is 7.12. The molecule has 0 amide bonds. The van der Waals surface area contributed by atoms with Crippen LogP contribution in [0.3, 0.4) is 0 Å². The molecule has 0 spiro atoms. The molecule has 17 heavy (non-hydrogen) atoms. The first-order valence-corrected chi connectivity index (χ1v) is 6.16. The van der Waals surface area contributed by atoms with Crippen LogP contribution < -0.4 is 5.43 Å². The lowest BCUT2D eigenvalue weighted by Crippen LogP contribution is -2.17. The quantitative estimate of drug-likeness (QED) is 0.877. The minimum Gasteiger partial charge on any atom is -0.477 e. The van der Waals surface area contributed by atoms with Gasteiger partial charge < -0.3 is 10.5 Å². The number of carboxylic acids is 1. The predicted molar refractivity (Wildman–Crippen MR) is 68.2 cm³/mol. The Kier molecular flexibility index (Phi) is 3.19. The molecule has 90 valence electrons. The summed E-state index contributed by atoms with van der Waals surface area (Å²) in [6, 6.07) is 5.89. The molecule has 0 unspecified atom stereocenters. The van der Waals surface area contributed by atoms with Crippen LogP contribution in [0.15, 0.2) is 23.6 Å². The van der Waals surface area contributed by atoms with Crippen LogP contribution >= 0.6 is 11.3 Å². The number of nitrogens with zero attached hydrogens (tertiary/aromatic N) is 1. The number of hydrogen-bond donors (Lipinski definition) is 2. The largest absolute Gasteiger partial charge is 0.477 e. The van der Waals surface area contributed by atoms with Crippen molar-refractivity contribution in [3.8, 4) is 0 Å². The predicted octanol–water partition coefficient (Wildman–Crippen LogP) is 2.61. The number of carboxylic acid groups (broad SMARTS) is 1. The number of hydrogen-bond acceptors (Lipinski definition) is 3. The number of aryl methyl sites for hydroxylation is 2. The summed E-state index contributed by atoms with van der Waals surface area (Å²) < 4.78 is 1.96. The Bertz CT molecular complexity index is 523. The number of aromatic nitrogens is 1. The zero-order chi connectivity index (χ0) is 12.4. The molecule has 4 nitrogen and oxygen atoms in total. The Balaban J connectivity index is 2.13. The van der Waals surface area contributed by atoms with Gasteiger partial charge in [0, 0.05) is 11.4 Å². The van der Waals surface area contributed by atoms with E-state index in [4.69, 9.17) is 5.11 Å². The summed E-state index contributed by atoms with van der Waals surface area (Å²) in [6.45, 7) is 4.53. The van der Waals surface area contributed by atoms with Crippen molar-refractivity contribution in [3.05, 3.63) is 45.4 Å². The minimum atomic E-state index is -0.863. The van der Waals surface area contributed by atoms with E-state index in [1.165, 1.54) is 11.3 Å². The van der Waals surface area contributed by atoms with Crippen LogP contribution in [0.4, 0.5) is 0 Å². The first-order valence-electron chi connectivity index (χ1n) is 5.28. The molecule has 0 aliphatic heterocycles. The third-order valence-electron chi connectivity index (χ3n) is 2.64. The monoisotopic (exact) mass is 250 g/mol. The number of thiophene rings is 1. The van der Waals surface area contributed by atoms with Gasteiger partial charge in [0.05, 0.1) is 6.54 Å². The molecule has 2 heterocycles. The smallest absolute Gasteiger partial charge is 0.346 e. The molecule has 0 aliphatic rings. The lowest BCUT2D eigenvalue weighted by molar-refractivity contribution is 0.0701. The molecule has 0 fully saturated rings. The van der Waals surface area contributed by atoms with Crippen molar-refractivity contribution in [2.24, 2.45) is 0 Å². The van der Waals surface area contributed by atoms with E-state index in [1.807, 2.05) is 36.7 Å². The molecule has 0 aliphatic carbocycles. The van der Waals surface area contributed by atoms with E-state index in [0.717, 1.165) is 17.0 Å². The van der Waals surface area contributed by atoms with E-state index >= 15 is 0 Å². The van der Waals surface area contributed by atoms with Crippen molar-refractivity contribution in [1.82, 2.24) is 4.68 Å². The number of nitrogens with one attached hydrogen (secondary N) is 1. The van der Waals surface area contributed by atoms with Crippen molar-refractivity contribution in [3.63, 3.8) is 0 Å². The van der Waals surface area contributed by atoms with Crippen LogP contribution in [-0.4, -0.2) is 15.8 Å². The van der Waals surface area contributed by atoms with Gasteiger partial charge in [-0.25, -0.2) is 4.79 Å². The third kappa shape index (κ3) is 2.34. The fourth-order valence-electron chi connectivity index (χ4n) is 1.74. The fraction of sp³-hybridized carbons (Fsp3) is 0.250. The average molecular weight is 250 g/mol. The summed E-state index contributed by atoms with van der Waals surface area (Å²) in [5, 5.41) is 10.8. The molecule has 0 aromatic carbocycles. The molecule has 2 aromatic heterocycles. The zero-order valence-electron chi connectivity index (χ0n) is 9.73. The highest BCUT2D eigenvalue weighted by Gasteiger charge is 2.11. The van der Waals surface area contributed by atoms with Crippen LogP contribution in [0.2, 0.25) is 0 Å². The van der Waals surface area contributed by atoms with Gasteiger partial charge >= 0.3 is 5.97 Å². The van der Waals surface area contributed by atoms with Crippen molar-refractivity contribution in [2.75, 3.05) is 5.43 Å². The number of rotatable bonds is 4. The molecule has 0 atom stereocenters. The Morgan fingerprint density at radius 2 is 2.00 bits per heavy atom. The standard InChI is InChI=1S/C12H14N2O2S/c1-8-3-4-9(2)14(8)13-7-10-5-6-17-11(10)12(15)16/h3-6,13H,7H2,1-2H3,(H,15,16). The zero-order valence-corrected chi connectivity index (χ0v) is 10.5. The molecule has 2 N–H and O–H groups in total. The molecular weight excluding hydrogens is 236 g/mol. The van der Waals surface area contributed by atoms with Gasteiger partial charge in [0.25, 0.3) is 0 Å². The molecular formula is C12H14N2O2S. The normalized spacial score (nSPS) is 10.5. The van der Waals surface area contributed by atoms with Gasteiger partial charge in [-0.05, 0) is 43.0 Å². The van der Waals surface area contributed by atoms with Crippen LogP contribution in [-0.2, 0) is 6.54 Å². The van der Waals surface area contributed by atoms with Gasteiger partial charge in [0.1, 0.15) is 4.88 Å². The van der Waals surface area contributed by atoms with Gasteiger partial charge in [0.2, 0.25) is 0 Å². The first kappa shape index (κ1) is 11.7. The Morgan fingerprint density at radius 1 is 1.35 bits per heavy atom. The summed E-state index contributed by atoms with van der Waals surface area (Å²) in [4.78, 5) is 11.4. The molecule has 5 heteroatoms. The lowest BCUT2D eigenvalue weighted by Gasteiger charge is -2.12. The Labute approximate surface area is 103 Å². The molecule has 0 saturated heterocycles. The maximum atomic E-state index is 11.0. The topological polar surface area (TPSA) is 54.3 Å². The first-order chi connectivity index (χ1) is 8.09.